The minimum atomic E-state index is 0.240. The topological polar surface area (TPSA) is 0 Å². The molecule has 2 rings (SSSR count). The maximum Gasteiger partial charge on any atom is -0.0129 e. The zero-order valence-corrected chi connectivity index (χ0v) is 22.0. The van der Waals surface area contributed by atoms with E-state index in [2.05, 4.69) is 132 Å². The number of hydrogen-bond donors (Lipinski definition) is 0. The molecule has 0 aliphatic heterocycles. The fraction of sp³-hybridized carbons (Fsp3) is 0.600. The predicted molar refractivity (Wildman–Crippen MR) is 137 cm³/mol. The monoisotopic (exact) mass is 408 g/mol. The maximum atomic E-state index is 2.37. The van der Waals surface area contributed by atoms with E-state index in [-0.39, 0.29) is 10.8 Å². The molecule has 0 aliphatic carbocycles. The van der Waals surface area contributed by atoms with Gasteiger partial charge in [-0.25, -0.2) is 0 Å². The Morgan fingerprint density at radius 2 is 0.800 bits per heavy atom. The highest BCUT2D eigenvalue weighted by atomic mass is 14.3. The molecule has 0 nitrogen and oxygen atoms in total. The number of hydrogen-bond acceptors (Lipinski definition) is 0. The summed E-state index contributed by atoms with van der Waals surface area (Å²) >= 11 is 0. The molecule has 0 fully saturated rings. The Bertz CT molecular complexity index is 716. The molecule has 2 aromatic rings. The second-order valence-corrected chi connectivity index (χ2v) is 13.3. The maximum absolute atomic E-state index is 2.37. The summed E-state index contributed by atoms with van der Waals surface area (Å²) in [5.41, 5.74) is 7.09. The first-order chi connectivity index (χ1) is 13.4. The first kappa shape index (κ1) is 26.5. The summed E-state index contributed by atoms with van der Waals surface area (Å²) in [5, 5.41) is 0. The first-order valence-corrected chi connectivity index (χ1v) is 11.6. The van der Waals surface area contributed by atoms with Gasteiger partial charge >= 0.3 is 0 Å². The van der Waals surface area contributed by atoms with Crippen LogP contribution in [0.3, 0.4) is 0 Å². The third-order valence-electron chi connectivity index (χ3n) is 5.00. The third kappa shape index (κ3) is 9.96. The van der Waals surface area contributed by atoms with Crippen LogP contribution in [-0.4, -0.2) is 0 Å². The van der Waals surface area contributed by atoms with E-state index < -0.39 is 0 Å². The highest BCUT2D eigenvalue weighted by Gasteiger charge is 2.23. The molecule has 0 radical (unpaired) electrons. The normalized spacial score (nSPS) is 12.9. The fourth-order valence-corrected chi connectivity index (χ4v) is 3.87. The smallest absolute Gasteiger partial charge is 0.0129 e. The van der Waals surface area contributed by atoms with Gasteiger partial charge in [0.1, 0.15) is 0 Å². The molecule has 0 saturated heterocycles. The van der Waals surface area contributed by atoms with Crippen molar-refractivity contribution in [2.75, 3.05) is 0 Å². The Morgan fingerprint density at radius 3 is 1.07 bits per heavy atom. The largest absolute Gasteiger partial charge is 0.0620 e. The van der Waals surface area contributed by atoms with Gasteiger partial charge in [0.15, 0.2) is 0 Å². The third-order valence-corrected chi connectivity index (χ3v) is 5.00. The van der Waals surface area contributed by atoms with E-state index in [1.807, 2.05) is 0 Å². The van der Waals surface area contributed by atoms with Crippen molar-refractivity contribution in [2.24, 2.45) is 10.8 Å². The molecule has 0 spiro atoms. The van der Waals surface area contributed by atoms with E-state index in [0.717, 1.165) is 12.8 Å². The second kappa shape index (κ2) is 9.71. The summed E-state index contributed by atoms with van der Waals surface area (Å²) in [7, 11) is 0. The lowest BCUT2D eigenvalue weighted by atomic mass is 9.75. The van der Waals surface area contributed by atoms with Crippen LogP contribution in [0, 0.1) is 10.8 Å². The average molecular weight is 409 g/mol. The molecular formula is C30H48. The average Bonchev–Trinajstić information content (AvgIpc) is 2.51. The quantitative estimate of drug-likeness (QED) is 0.464. The van der Waals surface area contributed by atoms with Crippen molar-refractivity contribution in [3.63, 3.8) is 0 Å². The lowest BCUT2D eigenvalue weighted by molar-refractivity contribution is 0.405. The summed E-state index contributed by atoms with van der Waals surface area (Å²) in [6.07, 6.45) is 2.32. The van der Waals surface area contributed by atoms with Crippen LogP contribution in [0.5, 0.6) is 0 Å². The Morgan fingerprint density at radius 1 is 0.467 bits per heavy atom. The van der Waals surface area contributed by atoms with E-state index in [0.29, 0.717) is 10.8 Å². The summed E-state index contributed by atoms with van der Waals surface area (Å²) in [4.78, 5) is 0. The van der Waals surface area contributed by atoms with Crippen LogP contribution in [0.2, 0.25) is 0 Å². The van der Waals surface area contributed by atoms with Gasteiger partial charge < -0.3 is 0 Å². The molecule has 0 amide bonds. The van der Waals surface area contributed by atoms with Gasteiger partial charge in [0.2, 0.25) is 0 Å². The van der Waals surface area contributed by atoms with Crippen molar-refractivity contribution >= 4 is 0 Å². The molecular weight excluding hydrogens is 360 g/mol. The van der Waals surface area contributed by atoms with Gasteiger partial charge in [-0.05, 0) is 56.8 Å². The Labute approximate surface area is 188 Å². The van der Waals surface area contributed by atoms with Gasteiger partial charge in [-0.3, -0.25) is 0 Å². The minimum absolute atomic E-state index is 0.240. The van der Waals surface area contributed by atoms with Gasteiger partial charge in [0.25, 0.3) is 0 Å². The van der Waals surface area contributed by atoms with Crippen LogP contribution in [0.1, 0.15) is 105 Å². The number of benzene rings is 2. The highest BCUT2D eigenvalue weighted by Crippen LogP contribution is 2.33. The summed E-state index contributed by atoms with van der Waals surface area (Å²) in [6.45, 7) is 27.4. The highest BCUT2D eigenvalue weighted by molar-refractivity contribution is 5.37. The fourth-order valence-electron chi connectivity index (χ4n) is 3.87. The molecule has 0 heteroatoms. The molecule has 0 aliphatic rings. The molecule has 0 N–H and O–H groups in total. The van der Waals surface area contributed by atoms with E-state index in [1.165, 1.54) is 22.3 Å². The van der Waals surface area contributed by atoms with Crippen LogP contribution in [0.4, 0.5) is 0 Å². The van der Waals surface area contributed by atoms with Crippen molar-refractivity contribution in [2.45, 2.75) is 107 Å². The van der Waals surface area contributed by atoms with E-state index >= 15 is 0 Å². The van der Waals surface area contributed by atoms with Gasteiger partial charge in [0, 0.05) is 0 Å². The second-order valence-electron chi connectivity index (χ2n) is 13.3. The molecule has 30 heavy (non-hydrogen) atoms. The van der Waals surface area contributed by atoms with E-state index in [1.54, 1.807) is 0 Å². The molecule has 0 bridgehead atoms. The molecule has 0 heterocycles. The van der Waals surface area contributed by atoms with Gasteiger partial charge in [-0.15, -0.1) is 0 Å². The van der Waals surface area contributed by atoms with Crippen LogP contribution >= 0.6 is 0 Å². The molecule has 0 saturated carbocycles. The van der Waals surface area contributed by atoms with Crippen molar-refractivity contribution in [3.05, 3.63) is 70.8 Å². The lowest BCUT2D eigenvalue weighted by Crippen LogP contribution is -2.21. The first-order valence-electron chi connectivity index (χ1n) is 11.6. The van der Waals surface area contributed by atoms with Crippen molar-refractivity contribution < 1.29 is 0 Å². The molecule has 2 aromatic carbocycles. The van der Waals surface area contributed by atoms with Gasteiger partial charge in [-0.2, -0.15) is 0 Å². The lowest BCUT2D eigenvalue weighted by Gasteiger charge is -2.29. The zero-order valence-electron chi connectivity index (χ0n) is 22.0. The Kier molecular flexibility index (Phi) is 8.57. The summed E-state index contributed by atoms with van der Waals surface area (Å²) in [6, 6.07) is 17.8. The zero-order chi connectivity index (χ0) is 23.4. The van der Waals surface area contributed by atoms with Crippen LogP contribution < -0.4 is 0 Å². The standard InChI is InChI=1S/C16H26.C14H22/c1-15(2,3)11-13-8-7-9-14(10-13)12-16(4,5)6;1-13(2,3)11-9-7-8-10-12(11)14(4,5)6/h7-10H,11-12H2,1-6H3;7-10H,1-6H3. The van der Waals surface area contributed by atoms with Crippen molar-refractivity contribution in [1.29, 1.82) is 0 Å². The summed E-state index contributed by atoms with van der Waals surface area (Å²) < 4.78 is 0. The van der Waals surface area contributed by atoms with Crippen molar-refractivity contribution in [1.82, 2.24) is 0 Å². The minimum Gasteiger partial charge on any atom is -0.0620 e. The van der Waals surface area contributed by atoms with E-state index in [4.69, 9.17) is 0 Å². The Hall–Kier alpha value is -1.56. The Balaban J connectivity index is 0.000000303. The molecule has 0 unspecified atom stereocenters. The van der Waals surface area contributed by atoms with Crippen molar-refractivity contribution in [3.8, 4) is 0 Å². The molecule has 168 valence electrons. The van der Waals surface area contributed by atoms with Gasteiger partial charge in [0.05, 0.1) is 0 Å². The predicted octanol–water partition coefficient (Wildman–Crippen LogP) is 9.15. The van der Waals surface area contributed by atoms with E-state index in [9.17, 15) is 0 Å². The van der Waals surface area contributed by atoms with Gasteiger partial charge in [-0.1, -0.05) is 132 Å². The molecule has 0 aromatic heterocycles. The van der Waals surface area contributed by atoms with Crippen LogP contribution in [0.25, 0.3) is 0 Å². The summed E-state index contributed by atoms with van der Waals surface area (Å²) in [5.74, 6) is 0. The van der Waals surface area contributed by atoms with Crippen LogP contribution in [0.15, 0.2) is 48.5 Å². The number of rotatable bonds is 2. The molecule has 0 atom stereocenters. The SMILES string of the molecule is CC(C)(C)Cc1cccc(CC(C)(C)C)c1.CC(C)(C)c1ccccc1C(C)(C)C. The van der Waals surface area contributed by atoms with Crippen LogP contribution in [-0.2, 0) is 23.7 Å².